The van der Waals surface area contributed by atoms with Gasteiger partial charge in [0, 0.05) is 11.3 Å². The predicted octanol–water partition coefficient (Wildman–Crippen LogP) is -0.288. The first kappa shape index (κ1) is 6.57. The minimum atomic E-state index is -0.836. The molecule has 6 heteroatoms. The number of azide groups is 1. The molecule has 52 valence electrons. The van der Waals surface area contributed by atoms with Gasteiger partial charge in [0.1, 0.15) is 6.04 Å². The Balaban J connectivity index is 2.72. The van der Waals surface area contributed by atoms with E-state index >= 15 is 0 Å². The summed E-state index contributed by atoms with van der Waals surface area (Å²) in [5.41, 5.74) is 7.90. The van der Waals surface area contributed by atoms with Crippen LogP contribution in [0.3, 0.4) is 0 Å². The molecule has 2 amide bonds. The molecular weight excluding hydrogens is 136 g/mol. The van der Waals surface area contributed by atoms with E-state index in [0.29, 0.717) is 0 Å². The molecule has 1 rings (SSSR count). The van der Waals surface area contributed by atoms with Crippen LogP contribution in [0.15, 0.2) is 5.11 Å². The summed E-state index contributed by atoms with van der Waals surface area (Å²) < 4.78 is 0. The van der Waals surface area contributed by atoms with Crippen molar-refractivity contribution in [1.29, 1.82) is 0 Å². The van der Waals surface area contributed by atoms with Gasteiger partial charge in [-0.25, -0.2) is 0 Å². The minimum Gasteiger partial charge on any atom is -0.296 e. The molecule has 1 N–H and O–H groups in total. The Hall–Kier alpha value is -1.55. The summed E-state index contributed by atoms with van der Waals surface area (Å²) in [7, 11) is 0. The van der Waals surface area contributed by atoms with Gasteiger partial charge in [-0.2, -0.15) is 0 Å². The van der Waals surface area contributed by atoms with Crippen LogP contribution >= 0.6 is 0 Å². The second-order valence-electron chi connectivity index (χ2n) is 1.84. The molecule has 0 spiro atoms. The van der Waals surface area contributed by atoms with Crippen LogP contribution < -0.4 is 5.32 Å². The molecule has 0 aromatic heterocycles. The lowest BCUT2D eigenvalue weighted by molar-refractivity contribution is -0.125. The van der Waals surface area contributed by atoms with E-state index in [1.807, 2.05) is 5.32 Å². The Morgan fingerprint density at radius 1 is 1.70 bits per heavy atom. The van der Waals surface area contributed by atoms with Crippen LogP contribution in [-0.4, -0.2) is 17.9 Å². The van der Waals surface area contributed by atoms with Gasteiger partial charge in [-0.05, 0) is 5.53 Å². The van der Waals surface area contributed by atoms with Crippen LogP contribution in [0.5, 0.6) is 0 Å². The van der Waals surface area contributed by atoms with Crippen molar-refractivity contribution in [1.82, 2.24) is 5.32 Å². The van der Waals surface area contributed by atoms with E-state index in [4.69, 9.17) is 5.53 Å². The van der Waals surface area contributed by atoms with Crippen LogP contribution in [0.4, 0.5) is 0 Å². The molecule has 6 nitrogen and oxygen atoms in total. The molecule has 1 atom stereocenters. The Labute approximate surface area is 55.8 Å². The molecule has 1 unspecified atom stereocenters. The maximum atomic E-state index is 10.6. The van der Waals surface area contributed by atoms with E-state index in [9.17, 15) is 9.59 Å². The summed E-state index contributed by atoms with van der Waals surface area (Å²) >= 11 is 0. The molecule has 0 saturated carbocycles. The molecule has 1 heterocycles. The standard InChI is InChI=1S/C4H4N4O2/c5-8-7-2-1-3(9)6-4(2)10/h2H,1H2,(H,6,9,10). The quantitative estimate of drug-likeness (QED) is 0.234. The Bertz CT molecular complexity index is 229. The third kappa shape index (κ3) is 1.06. The number of hydrogen-bond acceptors (Lipinski definition) is 3. The number of rotatable bonds is 1. The van der Waals surface area contributed by atoms with Crippen molar-refractivity contribution in [2.75, 3.05) is 0 Å². The zero-order valence-corrected chi connectivity index (χ0v) is 4.94. The highest BCUT2D eigenvalue weighted by molar-refractivity contribution is 6.05. The topological polar surface area (TPSA) is 94.9 Å². The number of carbonyl (C=O) groups excluding carboxylic acids is 2. The Morgan fingerprint density at radius 3 is 2.80 bits per heavy atom. The molecule has 0 bridgehead atoms. The van der Waals surface area contributed by atoms with Gasteiger partial charge in [0.2, 0.25) is 11.8 Å². The van der Waals surface area contributed by atoms with Crippen molar-refractivity contribution in [3.05, 3.63) is 10.4 Å². The van der Waals surface area contributed by atoms with Gasteiger partial charge in [-0.15, -0.1) is 0 Å². The minimum absolute atomic E-state index is 0.0249. The highest BCUT2D eigenvalue weighted by Gasteiger charge is 2.28. The molecule has 0 aromatic rings. The first-order chi connectivity index (χ1) is 4.74. The van der Waals surface area contributed by atoms with Gasteiger partial charge < -0.3 is 0 Å². The van der Waals surface area contributed by atoms with Crippen LogP contribution in [-0.2, 0) is 9.59 Å². The van der Waals surface area contributed by atoms with Gasteiger partial charge in [0.25, 0.3) is 0 Å². The highest BCUT2D eigenvalue weighted by Crippen LogP contribution is 2.05. The predicted molar refractivity (Wildman–Crippen MR) is 30.7 cm³/mol. The third-order valence-electron chi connectivity index (χ3n) is 1.14. The van der Waals surface area contributed by atoms with Crippen molar-refractivity contribution < 1.29 is 9.59 Å². The molecule has 1 fully saturated rings. The molecule has 0 radical (unpaired) electrons. The van der Waals surface area contributed by atoms with E-state index in [0.717, 1.165) is 0 Å². The lowest BCUT2D eigenvalue weighted by Gasteiger charge is -1.89. The van der Waals surface area contributed by atoms with Crippen molar-refractivity contribution in [2.24, 2.45) is 5.11 Å². The van der Waals surface area contributed by atoms with E-state index in [-0.39, 0.29) is 12.3 Å². The molecule has 1 saturated heterocycles. The summed E-state index contributed by atoms with van der Waals surface area (Å²) in [5.74, 6) is -0.898. The molecule has 0 aromatic carbocycles. The molecule has 1 aliphatic heterocycles. The van der Waals surface area contributed by atoms with E-state index in [2.05, 4.69) is 10.0 Å². The lowest BCUT2D eigenvalue weighted by atomic mass is 10.3. The zero-order chi connectivity index (χ0) is 7.56. The second kappa shape index (κ2) is 2.36. The average Bonchev–Trinajstić information content (AvgIpc) is 2.13. The summed E-state index contributed by atoms with van der Waals surface area (Å²) in [6.07, 6.45) is -0.0249. The summed E-state index contributed by atoms with van der Waals surface area (Å²) in [5, 5.41) is 5.11. The fourth-order valence-electron chi connectivity index (χ4n) is 0.696. The van der Waals surface area contributed by atoms with Crippen molar-refractivity contribution in [3.8, 4) is 0 Å². The van der Waals surface area contributed by atoms with Gasteiger partial charge in [0.05, 0.1) is 0 Å². The summed E-state index contributed by atoms with van der Waals surface area (Å²) in [6.45, 7) is 0. The van der Waals surface area contributed by atoms with Crippen LogP contribution in [0.2, 0.25) is 0 Å². The summed E-state index contributed by atoms with van der Waals surface area (Å²) in [6, 6.07) is -0.836. The maximum Gasteiger partial charge on any atom is 0.236 e. The largest absolute Gasteiger partial charge is 0.296 e. The van der Waals surface area contributed by atoms with Crippen molar-refractivity contribution in [3.63, 3.8) is 0 Å². The fourth-order valence-corrected chi connectivity index (χ4v) is 0.696. The van der Waals surface area contributed by atoms with Gasteiger partial charge in [-0.3, -0.25) is 14.9 Å². The highest BCUT2D eigenvalue weighted by atomic mass is 16.2. The van der Waals surface area contributed by atoms with E-state index in [1.54, 1.807) is 0 Å². The number of imide groups is 1. The first-order valence-electron chi connectivity index (χ1n) is 2.62. The first-order valence-corrected chi connectivity index (χ1v) is 2.62. The second-order valence-corrected chi connectivity index (χ2v) is 1.84. The fraction of sp³-hybridized carbons (Fsp3) is 0.500. The van der Waals surface area contributed by atoms with Gasteiger partial charge in [0.15, 0.2) is 0 Å². The van der Waals surface area contributed by atoms with Crippen LogP contribution in [0.1, 0.15) is 6.42 Å². The lowest BCUT2D eigenvalue weighted by Crippen LogP contribution is -2.23. The Kier molecular flexibility index (Phi) is 1.55. The number of amides is 2. The maximum absolute atomic E-state index is 10.6. The number of nitrogens with zero attached hydrogens (tertiary/aromatic N) is 3. The SMILES string of the molecule is [N-]=[N+]=NC1CC(=O)NC1=O. The summed E-state index contributed by atoms with van der Waals surface area (Å²) in [4.78, 5) is 23.4. The molecule has 1 aliphatic rings. The third-order valence-corrected chi connectivity index (χ3v) is 1.14. The number of carbonyl (C=O) groups is 2. The molecule has 10 heavy (non-hydrogen) atoms. The Morgan fingerprint density at radius 2 is 2.40 bits per heavy atom. The van der Waals surface area contributed by atoms with Crippen LogP contribution in [0, 0.1) is 0 Å². The monoisotopic (exact) mass is 140 g/mol. The van der Waals surface area contributed by atoms with Gasteiger partial charge >= 0.3 is 0 Å². The smallest absolute Gasteiger partial charge is 0.236 e. The molecule has 0 aliphatic carbocycles. The van der Waals surface area contributed by atoms with E-state index < -0.39 is 11.9 Å². The van der Waals surface area contributed by atoms with Crippen molar-refractivity contribution >= 4 is 11.8 Å². The average molecular weight is 140 g/mol. The number of nitrogens with one attached hydrogen (secondary N) is 1. The normalized spacial score (nSPS) is 23.8. The van der Waals surface area contributed by atoms with Crippen molar-refractivity contribution in [2.45, 2.75) is 12.5 Å². The van der Waals surface area contributed by atoms with Crippen LogP contribution in [0.25, 0.3) is 10.4 Å². The van der Waals surface area contributed by atoms with E-state index in [1.165, 1.54) is 0 Å². The zero-order valence-electron chi connectivity index (χ0n) is 4.94. The van der Waals surface area contributed by atoms with Gasteiger partial charge in [-0.1, -0.05) is 5.11 Å². The molecular formula is C4H4N4O2. The number of hydrogen-bond donors (Lipinski definition) is 1.